The predicted molar refractivity (Wildman–Crippen MR) is 63.8 cm³/mol. The number of carboxylic acid groups (broad SMARTS) is 1. The van der Waals surface area contributed by atoms with Crippen LogP contribution in [-0.2, 0) is 4.79 Å². The fraction of sp³-hybridized carbons (Fsp3) is 0.917. The Bertz CT molecular complexity index is 268. The highest BCUT2D eigenvalue weighted by Crippen LogP contribution is 2.31. The number of hydrogen-bond acceptors (Lipinski definition) is 4. The predicted octanol–water partition coefficient (Wildman–Crippen LogP) is -0.104. The monoisotopic (exact) mass is 242 g/mol. The van der Waals surface area contributed by atoms with Crippen LogP contribution in [0.2, 0.25) is 0 Å². The lowest BCUT2D eigenvalue weighted by Crippen LogP contribution is -2.50. The van der Waals surface area contributed by atoms with Gasteiger partial charge in [0.05, 0.1) is 6.61 Å². The Kier molecular flexibility index (Phi) is 4.36. The average Bonchev–Trinajstić information content (AvgIpc) is 3.08. The van der Waals surface area contributed by atoms with E-state index in [9.17, 15) is 4.79 Å². The Hall–Kier alpha value is -0.650. The first kappa shape index (κ1) is 12.8. The standard InChI is InChI=1S/C12H22N2O3/c15-4-3-13-10-5-9(6-12(16)17)7-14(8-10)11-1-2-11/h9-11,13,15H,1-8H2,(H,16,17). The molecule has 1 aliphatic heterocycles. The SMILES string of the molecule is O=C(O)CC1CC(NCCO)CN(C2CC2)C1. The molecule has 3 N–H and O–H groups in total. The minimum atomic E-state index is -0.700. The summed E-state index contributed by atoms with van der Waals surface area (Å²) < 4.78 is 0. The van der Waals surface area contributed by atoms with Crippen molar-refractivity contribution < 1.29 is 15.0 Å². The molecule has 0 aromatic carbocycles. The van der Waals surface area contributed by atoms with Crippen LogP contribution < -0.4 is 5.32 Å². The number of carbonyl (C=O) groups is 1. The van der Waals surface area contributed by atoms with Crippen molar-refractivity contribution in [2.45, 2.75) is 37.8 Å². The number of nitrogens with one attached hydrogen (secondary N) is 1. The van der Waals surface area contributed by atoms with Gasteiger partial charge in [-0.3, -0.25) is 9.69 Å². The van der Waals surface area contributed by atoms with Crippen molar-refractivity contribution in [3.05, 3.63) is 0 Å². The molecule has 0 radical (unpaired) electrons. The van der Waals surface area contributed by atoms with E-state index in [0.29, 0.717) is 18.6 Å². The summed E-state index contributed by atoms with van der Waals surface area (Å²) in [6.45, 7) is 2.67. The largest absolute Gasteiger partial charge is 0.481 e. The van der Waals surface area contributed by atoms with E-state index in [1.54, 1.807) is 0 Å². The van der Waals surface area contributed by atoms with Crippen molar-refractivity contribution in [1.82, 2.24) is 10.2 Å². The van der Waals surface area contributed by atoms with Crippen molar-refractivity contribution in [3.63, 3.8) is 0 Å². The molecule has 0 aromatic heterocycles. The molecule has 2 fully saturated rings. The Morgan fingerprint density at radius 2 is 2.12 bits per heavy atom. The number of carboxylic acids is 1. The van der Waals surface area contributed by atoms with Crippen molar-refractivity contribution in [2.24, 2.45) is 5.92 Å². The van der Waals surface area contributed by atoms with Crippen LogP contribution in [-0.4, -0.2) is 59.4 Å². The van der Waals surface area contributed by atoms with Gasteiger partial charge in [0.2, 0.25) is 0 Å². The number of aliphatic carboxylic acids is 1. The molecule has 0 aromatic rings. The van der Waals surface area contributed by atoms with Crippen LogP contribution in [0.15, 0.2) is 0 Å². The number of rotatable bonds is 6. The van der Waals surface area contributed by atoms with E-state index in [2.05, 4.69) is 10.2 Å². The Morgan fingerprint density at radius 1 is 1.35 bits per heavy atom. The topological polar surface area (TPSA) is 72.8 Å². The molecule has 2 aliphatic rings. The first-order chi connectivity index (χ1) is 8.19. The molecule has 2 atom stereocenters. The number of aliphatic hydroxyl groups is 1. The average molecular weight is 242 g/mol. The van der Waals surface area contributed by atoms with Crippen molar-refractivity contribution in [2.75, 3.05) is 26.2 Å². The fourth-order valence-electron chi connectivity index (χ4n) is 2.79. The van der Waals surface area contributed by atoms with Crippen molar-refractivity contribution >= 4 is 5.97 Å². The molecule has 0 bridgehead atoms. The molecule has 5 heteroatoms. The zero-order chi connectivity index (χ0) is 12.3. The summed E-state index contributed by atoms with van der Waals surface area (Å²) in [7, 11) is 0. The summed E-state index contributed by atoms with van der Waals surface area (Å²) >= 11 is 0. The molecule has 0 spiro atoms. The van der Waals surface area contributed by atoms with Crippen LogP contribution in [0.3, 0.4) is 0 Å². The maximum absolute atomic E-state index is 10.8. The zero-order valence-electron chi connectivity index (χ0n) is 10.1. The summed E-state index contributed by atoms with van der Waals surface area (Å²) in [5.74, 6) is -0.452. The molecule has 0 amide bonds. The van der Waals surface area contributed by atoms with Gasteiger partial charge in [-0.15, -0.1) is 0 Å². The summed E-state index contributed by atoms with van der Waals surface area (Å²) in [5, 5.41) is 21.0. The Morgan fingerprint density at radius 3 is 2.71 bits per heavy atom. The summed E-state index contributed by atoms with van der Waals surface area (Å²) in [6, 6.07) is 1.02. The van der Waals surface area contributed by atoms with E-state index in [1.807, 2.05) is 0 Å². The third kappa shape index (κ3) is 3.94. The number of likely N-dealkylation sites (tertiary alicyclic amines) is 1. The highest BCUT2D eigenvalue weighted by Gasteiger charge is 2.36. The first-order valence-corrected chi connectivity index (χ1v) is 6.49. The second kappa shape index (κ2) is 5.80. The van der Waals surface area contributed by atoms with E-state index in [-0.39, 0.29) is 18.9 Å². The smallest absolute Gasteiger partial charge is 0.303 e. The third-order valence-electron chi connectivity index (χ3n) is 3.64. The van der Waals surface area contributed by atoms with Gasteiger partial charge in [0.15, 0.2) is 0 Å². The van der Waals surface area contributed by atoms with Gasteiger partial charge in [0, 0.05) is 38.1 Å². The summed E-state index contributed by atoms with van der Waals surface area (Å²) in [6.07, 6.45) is 3.69. The lowest BCUT2D eigenvalue weighted by molar-refractivity contribution is -0.138. The van der Waals surface area contributed by atoms with Gasteiger partial charge in [0.25, 0.3) is 0 Å². The summed E-state index contributed by atoms with van der Waals surface area (Å²) in [4.78, 5) is 13.2. The molecule has 17 heavy (non-hydrogen) atoms. The third-order valence-corrected chi connectivity index (χ3v) is 3.64. The van der Waals surface area contributed by atoms with Crippen LogP contribution >= 0.6 is 0 Å². The van der Waals surface area contributed by atoms with Gasteiger partial charge in [0.1, 0.15) is 0 Å². The van der Waals surface area contributed by atoms with Crippen molar-refractivity contribution in [1.29, 1.82) is 0 Å². The second-order valence-electron chi connectivity index (χ2n) is 5.26. The summed E-state index contributed by atoms with van der Waals surface area (Å²) in [5.41, 5.74) is 0. The molecular weight excluding hydrogens is 220 g/mol. The maximum Gasteiger partial charge on any atom is 0.303 e. The van der Waals surface area contributed by atoms with Gasteiger partial charge in [-0.05, 0) is 25.2 Å². The van der Waals surface area contributed by atoms with Gasteiger partial charge in [-0.25, -0.2) is 0 Å². The molecule has 1 saturated carbocycles. The number of hydrogen-bond donors (Lipinski definition) is 3. The van der Waals surface area contributed by atoms with E-state index in [1.165, 1.54) is 12.8 Å². The number of nitrogens with zero attached hydrogens (tertiary/aromatic N) is 1. The van der Waals surface area contributed by atoms with Crippen LogP contribution in [0.5, 0.6) is 0 Å². The van der Waals surface area contributed by atoms with E-state index in [4.69, 9.17) is 10.2 Å². The van der Waals surface area contributed by atoms with Gasteiger partial charge in [-0.1, -0.05) is 0 Å². The Labute approximate surface area is 102 Å². The van der Waals surface area contributed by atoms with E-state index < -0.39 is 5.97 Å². The van der Waals surface area contributed by atoms with Crippen molar-refractivity contribution in [3.8, 4) is 0 Å². The molecule has 1 saturated heterocycles. The molecule has 98 valence electrons. The first-order valence-electron chi connectivity index (χ1n) is 6.49. The molecular formula is C12H22N2O3. The minimum Gasteiger partial charge on any atom is -0.481 e. The Balaban J connectivity index is 1.86. The normalized spacial score (nSPS) is 30.4. The molecule has 2 unspecified atom stereocenters. The van der Waals surface area contributed by atoms with Crippen LogP contribution in [0, 0.1) is 5.92 Å². The van der Waals surface area contributed by atoms with E-state index in [0.717, 1.165) is 19.5 Å². The molecule has 1 aliphatic carbocycles. The highest BCUT2D eigenvalue weighted by molar-refractivity contribution is 5.67. The maximum atomic E-state index is 10.8. The van der Waals surface area contributed by atoms with Gasteiger partial charge < -0.3 is 15.5 Å². The highest BCUT2D eigenvalue weighted by atomic mass is 16.4. The van der Waals surface area contributed by atoms with Gasteiger partial charge in [-0.2, -0.15) is 0 Å². The molecule has 1 heterocycles. The quantitative estimate of drug-likeness (QED) is 0.606. The van der Waals surface area contributed by atoms with E-state index >= 15 is 0 Å². The van der Waals surface area contributed by atoms with Gasteiger partial charge >= 0.3 is 5.97 Å². The second-order valence-corrected chi connectivity index (χ2v) is 5.26. The van der Waals surface area contributed by atoms with Crippen LogP contribution in [0.4, 0.5) is 0 Å². The molecule has 2 rings (SSSR count). The number of aliphatic hydroxyl groups excluding tert-OH is 1. The lowest BCUT2D eigenvalue weighted by Gasteiger charge is -2.38. The molecule has 5 nitrogen and oxygen atoms in total. The minimum absolute atomic E-state index is 0.142. The lowest BCUT2D eigenvalue weighted by atomic mass is 9.91. The number of piperidine rings is 1. The van der Waals surface area contributed by atoms with Crippen LogP contribution in [0.1, 0.15) is 25.7 Å². The zero-order valence-corrected chi connectivity index (χ0v) is 10.1. The van der Waals surface area contributed by atoms with Crippen LogP contribution in [0.25, 0.3) is 0 Å². The fourth-order valence-corrected chi connectivity index (χ4v) is 2.79.